The van der Waals surface area contributed by atoms with E-state index in [1.54, 1.807) is 30.3 Å². The number of nitro benzene ring substituents is 1. The third-order valence-corrected chi connectivity index (χ3v) is 3.22. The molecule has 0 heterocycles. The number of ketones is 2. The molecular formula is C18H13NO6. The van der Waals surface area contributed by atoms with Crippen molar-refractivity contribution >= 4 is 28.8 Å². The molecule has 0 saturated carbocycles. The van der Waals surface area contributed by atoms with Crippen LogP contribution in [0.5, 0.6) is 0 Å². The summed E-state index contributed by atoms with van der Waals surface area (Å²) in [6.45, 7) is 0. The van der Waals surface area contributed by atoms with E-state index in [1.165, 1.54) is 12.1 Å². The Bertz CT molecular complexity index is 866. The van der Waals surface area contributed by atoms with E-state index in [0.717, 1.165) is 18.2 Å². The molecule has 0 amide bonds. The molecule has 7 heteroatoms. The number of nitrogens with zero attached hydrogens (tertiary/aromatic N) is 1. The number of aliphatic hydroxyl groups is 2. The van der Waals surface area contributed by atoms with Gasteiger partial charge in [-0.05, 0) is 12.1 Å². The van der Waals surface area contributed by atoms with Crippen molar-refractivity contribution in [3.63, 3.8) is 0 Å². The van der Waals surface area contributed by atoms with Crippen LogP contribution in [0.2, 0.25) is 0 Å². The topological polar surface area (TPSA) is 118 Å². The number of hydrogen-bond donors (Lipinski definition) is 2. The number of non-ortho nitro benzene ring substituents is 1. The van der Waals surface area contributed by atoms with Crippen molar-refractivity contribution in [3.8, 4) is 0 Å². The fourth-order valence-corrected chi connectivity index (χ4v) is 1.92. The molecule has 2 aromatic carbocycles. The number of nitro groups is 1. The Kier molecular flexibility index (Phi) is 5.42. The summed E-state index contributed by atoms with van der Waals surface area (Å²) in [5, 5.41) is 30.2. The Balaban J connectivity index is 2.15. The van der Waals surface area contributed by atoms with Gasteiger partial charge in [0.2, 0.25) is 11.6 Å². The largest absolute Gasteiger partial charge is 0.507 e. The van der Waals surface area contributed by atoms with Gasteiger partial charge in [-0.3, -0.25) is 19.7 Å². The van der Waals surface area contributed by atoms with Crippen LogP contribution in [0.4, 0.5) is 5.69 Å². The third-order valence-electron chi connectivity index (χ3n) is 3.22. The smallest absolute Gasteiger partial charge is 0.269 e. The zero-order valence-corrected chi connectivity index (χ0v) is 12.8. The van der Waals surface area contributed by atoms with Gasteiger partial charge in [-0.2, -0.15) is 0 Å². The number of carbonyl (C=O) groups excluding carboxylic acids is 2. The van der Waals surface area contributed by atoms with Gasteiger partial charge in [0.15, 0.2) is 0 Å². The van der Waals surface area contributed by atoms with Crippen LogP contribution in [-0.4, -0.2) is 26.7 Å². The van der Waals surface area contributed by atoms with Crippen molar-refractivity contribution in [2.24, 2.45) is 0 Å². The van der Waals surface area contributed by atoms with Crippen LogP contribution in [-0.2, 0) is 9.59 Å². The number of benzene rings is 2. The number of allylic oxidation sites excluding steroid dienone is 2. The molecule has 2 aromatic rings. The molecule has 0 bridgehead atoms. The van der Waals surface area contributed by atoms with Gasteiger partial charge in [-0.25, -0.2) is 0 Å². The standard InChI is InChI=1S/C18H13NO6/c20-15(12-4-2-1-3-5-12)10-17(22)18(23)11-16(21)13-6-8-14(9-7-13)19(24)25/h1-11,20-21H/b15-10-,16-11-. The summed E-state index contributed by atoms with van der Waals surface area (Å²) in [6, 6.07) is 13.0. The van der Waals surface area contributed by atoms with Crippen LogP contribution < -0.4 is 0 Å². The van der Waals surface area contributed by atoms with E-state index < -0.39 is 22.2 Å². The van der Waals surface area contributed by atoms with Gasteiger partial charge in [0.25, 0.3) is 5.69 Å². The fourth-order valence-electron chi connectivity index (χ4n) is 1.92. The number of aliphatic hydroxyl groups excluding tert-OH is 2. The molecule has 0 radical (unpaired) electrons. The van der Waals surface area contributed by atoms with E-state index in [9.17, 15) is 29.9 Å². The fraction of sp³-hybridized carbons (Fsp3) is 0. The third kappa shape index (κ3) is 4.61. The van der Waals surface area contributed by atoms with Crippen LogP contribution >= 0.6 is 0 Å². The van der Waals surface area contributed by atoms with Gasteiger partial charge in [-0.15, -0.1) is 0 Å². The molecule has 0 spiro atoms. The first-order valence-electron chi connectivity index (χ1n) is 7.08. The second-order valence-electron chi connectivity index (χ2n) is 4.96. The predicted octanol–water partition coefficient (Wildman–Crippen LogP) is 3.23. The van der Waals surface area contributed by atoms with Gasteiger partial charge in [0.1, 0.15) is 11.5 Å². The molecular weight excluding hydrogens is 326 g/mol. The zero-order chi connectivity index (χ0) is 18.4. The van der Waals surface area contributed by atoms with E-state index in [0.29, 0.717) is 11.6 Å². The quantitative estimate of drug-likeness (QED) is 0.274. The summed E-state index contributed by atoms with van der Waals surface area (Å²) in [6.07, 6.45) is 1.45. The van der Waals surface area contributed by atoms with Gasteiger partial charge in [0, 0.05) is 35.4 Å². The molecule has 0 aliphatic rings. The zero-order valence-electron chi connectivity index (χ0n) is 12.8. The highest BCUT2D eigenvalue weighted by Gasteiger charge is 2.13. The first-order chi connectivity index (χ1) is 11.9. The summed E-state index contributed by atoms with van der Waals surface area (Å²) in [5.74, 6) is -2.95. The van der Waals surface area contributed by atoms with Gasteiger partial charge in [0.05, 0.1) is 4.92 Å². The first-order valence-corrected chi connectivity index (χ1v) is 7.08. The number of carbonyl (C=O) groups is 2. The van der Waals surface area contributed by atoms with E-state index in [4.69, 9.17) is 0 Å². The molecule has 126 valence electrons. The SMILES string of the molecule is O=C(/C=C(\O)c1ccccc1)C(=O)/C=C(\O)c1ccc([N+](=O)[O-])cc1. The summed E-state index contributed by atoms with van der Waals surface area (Å²) in [7, 11) is 0. The van der Waals surface area contributed by atoms with E-state index in [1.807, 2.05) is 0 Å². The van der Waals surface area contributed by atoms with Crippen LogP contribution in [0.1, 0.15) is 11.1 Å². The van der Waals surface area contributed by atoms with Crippen molar-refractivity contribution in [2.45, 2.75) is 0 Å². The highest BCUT2D eigenvalue weighted by molar-refractivity contribution is 6.47. The maximum absolute atomic E-state index is 11.8. The Labute approximate surface area is 142 Å². The lowest BCUT2D eigenvalue weighted by Crippen LogP contribution is -2.09. The monoisotopic (exact) mass is 339 g/mol. The number of hydrogen-bond acceptors (Lipinski definition) is 6. The van der Waals surface area contributed by atoms with Crippen molar-refractivity contribution < 1.29 is 24.7 Å². The minimum atomic E-state index is -1.04. The molecule has 0 aliphatic carbocycles. The van der Waals surface area contributed by atoms with Gasteiger partial charge in [-0.1, -0.05) is 30.3 Å². The molecule has 0 fully saturated rings. The second-order valence-corrected chi connectivity index (χ2v) is 4.96. The molecule has 25 heavy (non-hydrogen) atoms. The molecule has 0 atom stereocenters. The van der Waals surface area contributed by atoms with Crippen molar-refractivity contribution in [3.05, 3.63) is 88.0 Å². The number of rotatable bonds is 6. The minimum Gasteiger partial charge on any atom is -0.507 e. The highest BCUT2D eigenvalue weighted by atomic mass is 16.6. The van der Waals surface area contributed by atoms with Crippen molar-refractivity contribution in [1.82, 2.24) is 0 Å². The maximum atomic E-state index is 11.8. The summed E-state index contributed by atoms with van der Waals surface area (Å²) in [4.78, 5) is 33.6. The van der Waals surface area contributed by atoms with Crippen LogP contribution in [0.25, 0.3) is 11.5 Å². The summed E-state index contributed by atoms with van der Waals surface area (Å²) in [5.41, 5.74) is 0.338. The molecule has 0 aromatic heterocycles. The minimum absolute atomic E-state index is 0.142. The lowest BCUT2D eigenvalue weighted by atomic mass is 10.1. The Morgan fingerprint density at radius 3 is 1.68 bits per heavy atom. The van der Waals surface area contributed by atoms with Crippen LogP contribution in [0.3, 0.4) is 0 Å². The van der Waals surface area contributed by atoms with E-state index >= 15 is 0 Å². The van der Waals surface area contributed by atoms with Gasteiger partial charge >= 0.3 is 0 Å². The Morgan fingerprint density at radius 2 is 1.24 bits per heavy atom. The second kappa shape index (κ2) is 7.69. The molecule has 7 nitrogen and oxygen atoms in total. The molecule has 0 unspecified atom stereocenters. The van der Waals surface area contributed by atoms with E-state index in [2.05, 4.69) is 0 Å². The normalized spacial score (nSPS) is 11.8. The molecule has 2 N–H and O–H groups in total. The summed E-state index contributed by atoms with van der Waals surface area (Å²) >= 11 is 0. The van der Waals surface area contributed by atoms with Crippen molar-refractivity contribution in [1.29, 1.82) is 0 Å². The average molecular weight is 339 g/mol. The predicted molar refractivity (Wildman–Crippen MR) is 90.8 cm³/mol. The Morgan fingerprint density at radius 1 is 0.800 bits per heavy atom. The highest BCUT2D eigenvalue weighted by Crippen LogP contribution is 2.17. The van der Waals surface area contributed by atoms with Crippen LogP contribution in [0, 0.1) is 10.1 Å². The first kappa shape index (κ1) is 17.6. The summed E-state index contributed by atoms with van der Waals surface area (Å²) < 4.78 is 0. The van der Waals surface area contributed by atoms with Crippen molar-refractivity contribution in [2.75, 3.05) is 0 Å². The lowest BCUT2D eigenvalue weighted by molar-refractivity contribution is -0.384. The molecule has 0 saturated heterocycles. The Hall–Kier alpha value is -3.74. The molecule has 2 rings (SSSR count). The van der Waals surface area contributed by atoms with Gasteiger partial charge < -0.3 is 10.2 Å². The van der Waals surface area contributed by atoms with Crippen LogP contribution in [0.15, 0.2) is 66.7 Å². The average Bonchev–Trinajstić information content (AvgIpc) is 2.62. The molecule has 0 aliphatic heterocycles. The lowest BCUT2D eigenvalue weighted by Gasteiger charge is -2.00. The maximum Gasteiger partial charge on any atom is 0.269 e. The van der Waals surface area contributed by atoms with E-state index in [-0.39, 0.29) is 17.0 Å².